The third-order valence-corrected chi connectivity index (χ3v) is 6.17. The van der Waals surface area contributed by atoms with Gasteiger partial charge >= 0.3 is 0 Å². The number of aromatic nitrogens is 2. The van der Waals surface area contributed by atoms with Crippen molar-refractivity contribution >= 4 is 33.6 Å². The zero-order chi connectivity index (χ0) is 23.8. The van der Waals surface area contributed by atoms with Gasteiger partial charge in [-0.3, -0.25) is 10.1 Å². The van der Waals surface area contributed by atoms with E-state index in [0.717, 1.165) is 42.4 Å². The number of carbonyl (C=O) groups is 1. The Kier molecular flexibility index (Phi) is 7.73. The molecule has 1 aliphatic rings. The summed E-state index contributed by atoms with van der Waals surface area (Å²) in [6.07, 6.45) is 3.80. The van der Waals surface area contributed by atoms with Gasteiger partial charge in [0.25, 0.3) is 5.91 Å². The second-order valence-corrected chi connectivity index (χ2v) is 8.70. The standard InChI is InChI=1S/C25H25N5O3S/c1-18-6-2-3-7-22(18)33-15-14-32-21-10-8-19(9-11-21)16-20(17-26)23(31)27-24-28-29-25(34-24)30-12-4-5-13-30/h2-3,6-11,16H,4-5,12-15H2,1H3,(H,27,28,31)/b20-16-. The molecule has 9 heteroatoms. The van der Waals surface area contributed by atoms with Crippen LogP contribution in [0.25, 0.3) is 6.08 Å². The predicted molar refractivity (Wildman–Crippen MR) is 132 cm³/mol. The average Bonchev–Trinajstić information content (AvgIpc) is 3.54. The Labute approximate surface area is 202 Å². The summed E-state index contributed by atoms with van der Waals surface area (Å²) in [6, 6.07) is 16.9. The molecule has 0 aliphatic carbocycles. The molecule has 1 amide bonds. The Hall–Kier alpha value is -3.90. The van der Waals surface area contributed by atoms with E-state index in [1.54, 1.807) is 24.3 Å². The molecule has 2 aromatic carbocycles. The van der Waals surface area contributed by atoms with Gasteiger partial charge in [-0.15, -0.1) is 10.2 Å². The van der Waals surface area contributed by atoms with E-state index in [2.05, 4.69) is 20.4 Å². The van der Waals surface area contributed by atoms with Crippen LogP contribution < -0.4 is 19.7 Å². The summed E-state index contributed by atoms with van der Waals surface area (Å²) < 4.78 is 11.4. The van der Waals surface area contributed by atoms with E-state index < -0.39 is 5.91 Å². The first-order valence-electron chi connectivity index (χ1n) is 11.1. The highest BCUT2D eigenvalue weighted by Crippen LogP contribution is 2.27. The Morgan fingerprint density at radius 3 is 2.59 bits per heavy atom. The number of nitrogens with zero attached hydrogens (tertiary/aromatic N) is 4. The summed E-state index contributed by atoms with van der Waals surface area (Å²) >= 11 is 1.31. The van der Waals surface area contributed by atoms with Crippen LogP contribution in [-0.2, 0) is 4.79 Å². The van der Waals surface area contributed by atoms with Crippen molar-refractivity contribution in [2.24, 2.45) is 0 Å². The van der Waals surface area contributed by atoms with Gasteiger partial charge in [-0.05, 0) is 55.2 Å². The molecule has 0 saturated carbocycles. The maximum Gasteiger partial charge on any atom is 0.268 e. The normalized spacial score (nSPS) is 13.4. The van der Waals surface area contributed by atoms with Crippen LogP contribution >= 0.6 is 11.3 Å². The number of hydrogen-bond donors (Lipinski definition) is 1. The monoisotopic (exact) mass is 475 g/mol. The number of ether oxygens (including phenoxy) is 2. The number of hydrogen-bond acceptors (Lipinski definition) is 8. The van der Waals surface area contributed by atoms with Gasteiger partial charge < -0.3 is 14.4 Å². The third kappa shape index (κ3) is 6.11. The summed E-state index contributed by atoms with van der Waals surface area (Å²) in [5.41, 5.74) is 1.78. The Bertz CT molecular complexity index is 1190. The summed E-state index contributed by atoms with van der Waals surface area (Å²) in [6.45, 7) is 4.72. The molecule has 0 radical (unpaired) electrons. The molecule has 0 bridgehead atoms. The van der Waals surface area contributed by atoms with Crippen molar-refractivity contribution < 1.29 is 14.3 Å². The fourth-order valence-electron chi connectivity index (χ4n) is 3.47. The molecule has 1 fully saturated rings. The number of nitriles is 1. The number of rotatable bonds is 9. The molecule has 1 aliphatic heterocycles. The van der Waals surface area contributed by atoms with Crippen LogP contribution in [0.5, 0.6) is 11.5 Å². The van der Waals surface area contributed by atoms with E-state index in [4.69, 9.17) is 9.47 Å². The first-order valence-corrected chi connectivity index (χ1v) is 11.9. The maximum atomic E-state index is 12.5. The predicted octanol–water partition coefficient (Wildman–Crippen LogP) is 4.45. The van der Waals surface area contributed by atoms with Crippen molar-refractivity contribution in [3.63, 3.8) is 0 Å². The van der Waals surface area contributed by atoms with Gasteiger partial charge in [0.2, 0.25) is 10.3 Å². The Morgan fingerprint density at radius 2 is 1.85 bits per heavy atom. The van der Waals surface area contributed by atoms with E-state index in [-0.39, 0.29) is 5.57 Å². The van der Waals surface area contributed by atoms with E-state index in [1.165, 1.54) is 17.4 Å². The second-order valence-electron chi connectivity index (χ2n) is 7.74. The van der Waals surface area contributed by atoms with Crippen LogP contribution in [0, 0.1) is 18.3 Å². The van der Waals surface area contributed by atoms with Gasteiger partial charge in [0.15, 0.2) is 0 Å². The van der Waals surface area contributed by atoms with Crippen molar-refractivity contribution in [2.45, 2.75) is 19.8 Å². The van der Waals surface area contributed by atoms with Crippen LogP contribution in [0.4, 0.5) is 10.3 Å². The van der Waals surface area contributed by atoms with E-state index in [0.29, 0.717) is 29.7 Å². The molecule has 8 nitrogen and oxygen atoms in total. The lowest BCUT2D eigenvalue weighted by atomic mass is 10.1. The molecule has 0 spiro atoms. The number of aryl methyl sites for hydroxylation is 1. The van der Waals surface area contributed by atoms with Gasteiger partial charge in [0, 0.05) is 13.1 Å². The van der Waals surface area contributed by atoms with Crippen LogP contribution in [-0.4, -0.2) is 42.4 Å². The highest BCUT2D eigenvalue weighted by Gasteiger charge is 2.18. The number of anilines is 2. The van der Waals surface area contributed by atoms with Crippen molar-refractivity contribution in [1.29, 1.82) is 5.26 Å². The van der Waals surface area contributed by atoms with E-state index in [9.17, 15) is 10.1 Å². The van der Waals surface area contributed by atoms with Crippen LogP contribution in [0.1, 0.15) is 24.0 Å². The molecule has 34 heavy (non-hydrogen) atoms. The second kappa shape index (κ2) is 11.3. The highest BCUT2D eigenvalue weighted by molar-refractivity contribution is 7.19. The minimum atomic E-state index is -0.514. The molecule has 174 valence electrons. The topological polar surface area (TPSA) is 100 Å². The zero-order valence-corrected chi connectivity index (χ0v) is 19.7. The molecule has 1 aromatic heterocycles. The molecule has 1 saturated heterocycles. The smallest absolute Gasteiger partial charge is 0.268 e. The number of amides is 1. The van der Waals surface area contributed by atoms with E-state index in [1.807, 2.05) is 37.3 Å². The highest BCUT2D eigenvalue weighted by atomic mass is 32.1. The number of carbonyl (C=O) groups excluding carboxylic acids is 1. The molecule has 2 heterocycles. The molecule has 1 N–H and O–H groups in total. The van der Waals surface area contributed by atoms with Gasteiger partial charge in [0.1, 0.15) is 36.4 Å². The fourth-order valence-corrected chi connectivity index (χ4v) is 4.26. The number of nitrogens with one attached hydrogen (secondary N) is 1. The van der Waals surface area contributed by atoms with Gasteiger partial charge in [-0.1, -0.05) is 41.7 Å². The molecular formula is C25H25N5O3S. The Morgan fingerprint density at radius 1 is 1.12 bits per heavy atom. The molecule has 0 atom stereocenters. The summed E-state index contributed by atoms with van der Waals surface area (Å²) in [5.74, 6) is 1.01. The Balaban J connectivity index is 1.29. The molecular weight excluding hydrogens is 450 g/mol. The van der Waals surface area contributed by atoms with Crippen LogP contribution in [0.15, 0.2) is 54.1 Å². The van der Waals surface area contributed by atoms with Crippen LogP contribution in [0.2, 0.25) is 0 Å². The van der Waals surface area contributed by atoms with Gasteiger partial charge in [0.05, 0.1) is 0 Å². The van der Waals surface area contributed by atoms with Crippen molar-refractivity contribution in [3.05, 3.63) is 65.2 Å². The SMILES string of the molecule is Cc1ccccc1OCCOc1ccc(/C=C(/C#N)C(=O)Nc2nnc(N3CCCC3)s2)cc1. The quantitative estimate of drug-likeness (QED) is 0.277. The largest absolute Gasteiger partial charge is 0.490 e. The maximum absolute atomic E-state index is 12.5. The first-order chi connectivity index (χ1) is 16.6. The lowest BCUT2D eigenvalue weighted by molar-refractivity contribution is -0.112. The summed E-state index contributed by atoms with van der Waals surface area (Å²) in [4.78, 5) is 14.7. The van der Waals surface area contributed by atoms with Gasteiger partial charge in [-0.25, -0.2) is 0 Å². The minimum absolute atomic E-state index is 0.0155. The van der Waals surface area contributed by atoms with Crippen LogP contribution in [0.3, 0.4) is 0 Å². The minimum Gasteiger partial charge on any atom is -0.490 e. The lowest BCUT2D eigenvalue weighted by Gasteiger charge is -2.10. The van der Waals surface area contributed by atoms with Crippen molar-refractivity contribution in [2.75, 3.05) is 36.5 Å². The average molecular weight is 476 g/mol. The number of benzene rings is 2. The first kappa shape index (κ1) is 23.3. The van der Waals surface area contributed by atoms with Crippen molar-refractivity contribution in [3.8, 4) is 17.6 Å². The van der Waals surface area contributed by atoms with E-state index >= 15 is 0 Å². The fraction of sp³-hybridized carbons (Fsp3) is 0.280. The third-order valence-electron chi connectivity index (χ3n) is 5.27. The molecule has 3 aromatic rings. The van der Waals surface area contributed by atoms with Gasteiger partial charge in [-0.2, -0.15) is 5.26 Å². The lowest BCUT2D eigenvalue weighted by Crippen LogP contribution is -2.17. The molecule has 4 rings (SSSR count). The summed E-state index contributed by atoms with van der Waals surface area (Å²) in [7, 11) is 0. The molecule has 0 unspecified atom stereocenters. The summed E-state index contributed by atoms with van der Waals surface area (Å²) in [5, 5.41) is 21.5. The van der Waals surface area contributed by atoms with Crippen molar-refractivity contribution in [1.82, 2.24) is 10.2 Å². The number of para-hydroxylation sites is 1. The zero-order valence-electron chi connectivity index (χ0n) is 18.9.